The molecule has 0 spiro atoms. The van der Waals surface area contributed by atoms with Crippen molar-refractivity contribution in [1.82, 2.24) is 24.9 Å². The summed E-state index contributed by atoms with van der Waals surface area (Å²) in [6, 6.07) is 44.2. The molecule has 4 aromatic carbocycles. The summed E-state index contributed by atoms with van der Waals surface area (Å²) in [7, 11) is 0. The van der Waals surface area contributed by atoms with Crippen LogP contribution in [0, 0.1) is 0 Å². The van der Waals surface area contributed by atoms with Gasteiger partial charge in [0.05, 0.1) is 33.5 Å². The Kier molecular flexibility index (Phi) is 6.06. The molecule has 214 valence electrons. The first kappa shape index (κ1) is 26.1. The molecular weight excluding hydrogens is 562 g/mol. The zero-order valence-electron chi connectivity index (χ0n) is 24.7. The Morgan fingerprint density at radius 1 is 0.326 bits per heavy atom. The molecule has 46 heavy (non-hydrogen) atoms. The lowest BCUT2D eigenvalue weighted by molar-refractivity contribution is 1.32. The Morgan fingerprint density at radius 3 is 1.17 bits per heavy atom. The Hall–Kier alpha value is -6.33. The molecule has 5 heterocycles. The summed E-state index contributed by atoms with van der Waals surface area (Å²) in [6.45, 7) is 0. The summed E-state index contributed by atoms with van der Waals surface area (Å²) in [4.78, 5) is 23.6. The molecule has 0 saturated heterocycles. The standard InChI is InChI=1S/C41H25N5/c1-10-36(28-16-12-26(13-17-28)34-24-30-6-2-20-42-38(30)40-32(34)8-4-22-44-40)46-37(11-1)29-18-14-27(15-19-29)35-25-31-7-3-21-43-39(31)41-33(35)9-5-23-45-41/h1-25H. The van der Waals surface area contributed by atoms with Gasteiger partial charge in [0.25, 0.3) is 0 Å². The maximum atomic E-state index is 5.06. The third-order valence-corrected chi connectivity index (χ3v) is 8.65. The maximum Gasteiger partial charge on any atom is 0.0970 e. The van der Waals surface area contributed by atoms with E-state index in [0.29, 0.717) is 0 Å². The molecule has 9 rings (SSSR count). The van der Waals surface area contributed by atoms with Gasteiger partial charge in [-0.25, -0.2) is 4.98 Å². The van der Waals surface area contributed by atoms with Gasteiger partial charge in [0, 0.05) is 57.5 Å². The van der Waals surface area contributed by atoms with Gasteiger partial charge in [-0.15, -0.1) is 0 Å². The fraction of sp³-hybridized carbons (Fsp3) is 0. The van der Waals surface area contributed by atoms with Gasteiger partial charge in [0.2, 0.25) is 0 Å². The van der Waals surface area contributed by atoms with Crippen LogP contribution in [-0.4, -0.2) is 24.9 Å². The summed E-state index contributed by atoms with van der Waals surface area (Å²) in [5.41, 5.74) is 12.2. The highest BCUT2D eigenvalue weighted by Crippen LogP contribution is 2.36. The lowest BCUT2D eigenvalue weighted by Crippen LogP contribution is -1.91. The van der Waals surface area contributed by atoms with Crippen molar-refractivity contribution in [3.8, 4) is 44.8 Å². The molecular formula is C41H25N5. The molecule has 9 aromatic rings. The van der Waals surface area contributed by atoms with Crippen LogP contribution in [0.5, 0.6) is 0 Å². The molecule has 0 aliphatic rings. The number of pyridine rings is 5. The predicted octanol–water partition coefficient (Wildman–Crippen LogP) is 9.94. The molecule has 0 aliphatic carbocycles. The van der Waals surface area contributed by atoms with Crippen LogP contribution in [0.4, 0.5) is 0 Å². The van der Waals surface area contributed by atoms with Crippen molar-refractivity contribution in [2.24, 2.45) is 0 Å². The Labute approximate surface area is 264 Å². The summed E-state index contributed by atoms with van der Waals surface area (Å²) in [6.07, 6.45) is 7.30. The SMILES string of the molecule is c1cc(-c2ccc(-c3cc4cccnc4c4ncccc34)cc2)nc(-c2ccc(-c3cc4cccnc4c4ncccc34)cc2)c1. The topological polar surface area (TPSA) is 64.5 Å². The highest BCUT2D eigenvalue weighted by Gasteiger charge is 2.13. The normalized spacial score (nSPS) is 11.5. The second-order valence-corrected chi connectivity index (χ2v) is 11.4. The van der Waals surface area contributed by atoms with Crippen LogP contribution >= 0.6 is 0 Å². The molecule has 5 aromatic heterocycles. The molecule has 0 bridgehead atoms. The van der Waals surface area contributed by atoms with Crippen LogP contribution in [0.3, 0.4) is 0 Å². The Morgan fingerprint density at radius 2 is 0.717 bits per heavy atom. The van der Waals surface area contributed by atoms with E-state index < -0.39 is 0 Å². The molecule has 0 atom stereocenters. The van der Waals surface area contributed by atoms with Crippen LogP contribution in [0.2, 0.25) is 0 Å². The average Bonchev–Trinajstić information content (AvgIpc) is 3.14. The van der Waals surface area contributed by atoms with Crippen LogP contribution in [0.1, 0.15) is 0 Å². The van der Waals surface area contributed by atoms with E-state index in [1.165, 1.54) is 0 Å². The van der Waals surface area contributed by atoms with E-state index in [9.17, 15) is 0 Å². The number of rotatable bonds is 4. The number of fused-ring (bicyclic) bond motifs is 6. The van der Waals surface area contributed by atoms with Gasteiger partial charge in [0.1, 0.15) is 0 Å². The largest absolute Gasteiger partial charge is 0.254 e. The lowest BCUT2D eigenvalue weighted by atomic mass is 9.96. The minimum Gasteiger partial charge on any atom is -0.254 e. The van der Waals surface area contributed by atoms with Crippen molar-refractivity contribution < 1.29 is 0 Å². The van der Waals surface area contributed by atoms with Crippen LogP contribution < -0.4 is 0 Å². The zero-order chi connectivity index (χ0) is 30.5. The van der Waals surface area contributed by atoms with E-state index in [0.717, 1.165) is 88.4 Å². The lowest BCUT2D eigenvalue weighted by Gasteiger charge is -2.11. The molecule has 0 radical (unpaired) electrons. The van der Waals surface area contributed by atoms with E-state index in [1.807, 2.05) is 49.1 Å². The predicted molar refractivity (Wildman–Crippen MR) is 187 cm³/mol. The van der Waals surface area contributed by atoms with Crippen LogP contribution in [-0.2, 0) is 0 Å². The second-order valence-electron chi connectivity index (χ2n) is 11.4. The quantitative estimate of drug-likeness (QED) is 0.192. The first-order chi connectivity index (χ1) is 22.8. The first-order valence-corrected chi connectivity index (χ1v) is 15.2. The van der Waals surface area contributed by atoms with Crippen molar-refractivity contribution in [2.45, 2.75) is 0 Å². The number of aromatic nitrogens is 5. The zero-order valence-corrected chi connectivity index (χ0v) is 24.7. The van der Waals surface area contributed by atoms with Crippen molar-refractivity contribution in [3.63, 3.8) is 0 Å². The van der Waals surface area contributed by atoms with Gasteiger partial charge >= 0.3 is 0 Å². The summed E-state index contributed by atoms with van der Waals surface area (Å²) in [5.74, 6) is 0. The fourth-order valence-electron chi connectivity index (χ4n) is 6.43. The van der Waals surface area contributed by atoms with E-state index in [2.05, 4.69) is 123 Å². The summed E-state index contributed by atoms with van der Waals surface area (Å²) in [5, 5.41) is 4.34. The van der Waals surface area contributed by atoms with E-state index >= 15 is 0 Å². The van der Waals surface area contributed by atoms with Gasteiger partial charge in [-0.05, 0) is 70.8 Å². The third kappa shape index (κ3) is 4.37. The molecule has 0 aliphatic heterocycles. The minimum atomic E-state index is 0.919. The third-order valence-electron chi connectivity index (χ3n) is 8.65. The van der Waals surface area contributed by atoms with Crippen molar-refractivity contribution in [3.05, 3.63) is 152 Å². The van der Waals surface area contributed by atoms with Crippen LogP contribution in [0.25, 0.3) is 88.4 Å². The number of hydrogen-bond donors (Lipinski definition) is 0. The number of benzene rings is 4. The summed E-state index contributed by atoms with van der Waals surface area (Å²) < 4.78 is 0. The van der Waals surface area contributed by atoms with Crippen molar-refractivity contribution >= 4 is 43.6 Å². The van der Waals surface area contributed by atoms with Crippen molar-refractivity contribution in [2.75, 3.05) is 0 Å². The fourth-order valence-corrected chi connectivity index (χ4v) is 6.43. The van der Waals surface area contributed by atoms with Gasteiger partial charge in [-0.3, -0.25) is 19.9 Å². The van der Waals surface area contributed by atoms with E-state index in [-0.39, 0.29) is 0 Å². The molecule has 0 unspecified atom stereocenters. The Balaban J connectivity index is 1.05. The monoisotopic (exact) mass is 587 g/mol. The smallest absolute Gasteiger partial charge is 0.0970 e. The number of nitrogens with zero attached hydrogens (tertiary/aromatic N) is 5. The molecule has 5 heteroatoms. The maximum absolute atomic E-state index is 5.06. The van der Waals surface area contributed by atoms with Gasteiger partial charge in [0.15, 0.2) is 0 Å². The second kappa shape index (κ2) is 10.7. The van der Waals surface area contributed by atoms with Gasteiger partial charge in [-0.2, -0.15) is 0 Å². The highest BCUT2D eigenvalue weighted by molar-refractivity contribution is 6.11. The average molecular weight is 588 g/mol. The van der Waals surface area contributed by atoms with Gasteiger partial charge in [-0.1, -0.05) is 78.9 Å². The highest BCUT2D eigenvalue weighted by atomic mass is 14.7. The number of hydrogen-bond acceptors (Lipinski definition) is 5. The van der Waals surface area contributed by atoms with E-state index in [4.69, 9.17) is 4.98 Å². The van der Waals surface area contributed by atoms with Crippen LogP contribution in [0.15, 0.2) is 152 Å². The van der Waals surface area contributed by atoms with Gasteiger partial charge < -0.3 is 0 Å². The van der Waals surface area contributed by atoms with E-state index in [1.54, 1.807) is 0 Å². The molecule has 0 amide bonds. The summed E-state index contributed by atoms with van der Waals surface area (Å²) >= 11 is 0. The Bertz CT molecular complexity index is 2400. The first-order valence-electron chi connectivity index (χ1n) is 15.2. The minimum absolute atomic E-state index is 0.919. The molecule has 0 fully saturated rings. The molecule has 5 nitrogen and oxygen atoms in total. The van der Waals surface area contributed by atoms with Crippen molar-refractivity contribution in [1.29, 1.82) is 0 Å². The molecule has 0 N–H and O–H groups in total. The molecule has 0 saturated carbocycles.